The molecule has 2 aromatic heterocycles. The van der Waals surface area contributed by atoms with E-state index in [1.54, 1.807) is 23.5 Å². The molecule has 0 saturated carbocycles. The number of hydrogen-bond acceptors (Lipinski definition) is 5. The number of anilines is 2. The number of halogens is 2. The van der Waals surface area contributed by atoms with Crippen molar-refractivity contribution in [2.75, 3.05) is 16.8 Å². The first kappa shape index (κ1) is 17.0. The lowest BCUT2D eigenvalue weighted by Crippen LogP contribution is -2.24. The number of hydrogen-bond donors (Lipinski definition) is 3. The molecule has 3 N–H and O–H groups in total. The van der Waals surface area contributed by atoms with E-state index in [9.17, 15) is 14.0 Å². The number of nitrogens with one attached hydrogen (secondary N) is 3. The van der Waals surface area contributed by atoms with E-state index in [0.717, 1.165) is 34.5 Å². The molecular weight excluding hydrogens is 374 g/mol. The molecule has 8 heteroatoms. The molecule has 0 aliphatic carbocycles. The molecule has 3 aromatic rings. The van der Waals surface area contributed by atoms with Crippen molar-refractivity contribution in [3.8, 4) is 6.07 Å². The predicted octanol–water partition coefficient (Wildman–Crippen LogP) is 3.88. The standard InChI is InChI=1S/C21H14F2N6/c22-14-1-2-18(23)19(5-14)29-10-16-13(6-24)8-27-21(17(16)11-29)28-20-15-9-25-7-12(15)3-4-26-20/h1-5,7-10,25,27H,11H2,(H,26,28). The van der Waals surface area contributed by atoms with Crippen molar-refractivity contribution in [3.05, 3.63) is 89.4 Å². The van der Waals surface area contributed by atoms with Crippen LogP contribution in [0.1, 0.15) is 0 Å². The second-order valence-corrected chi connectivity index (χ2v) is 6.68. The molecule has 6 nitrogen and oxygen atoms in total. The lowest BCUT2D eigenvalue weighted by Gasteiger charge is -2.21. The Hall–Kier alpha value is -4.12. The van der Waals surface area contributed by atoms with Crippen LogP contribution in [-0.2, 0) is 0 Å². The molecule has 0 atom stereocenters. The van der Waals surface area contributed by atoms with Crippen molar-refractivity contribution in [1.82, 2.24) is 15.3 Å². The molecule has 5 rings (SSSR count). The number of benzene rings is 1. The fourth-order valence-corrected chi connectivity index (χ4v) is 3.55. The normalized spacial score (nSPS) is 15.6. The summed E-state index contributed by atoms with van der Waals surface area (Å²) in [7, 11) is 0. The van der Waals surface area contributed by atoms with Gasteiger partial charge in [-0.3, -0.25) is 0 Å². The number of aromatic amines is 1. The maximum absolute atomic E-state index is 14.3. The third-order valence-corrected chi connectivity index (χ3v) is 4.96. The van der Waals surface area contributed by atoms with Gasteiger partial charge in [0.05, 0.1) is 17.8 Å². The number of fused-ring (bicyclic) bond motifs is 2. The number of rotatable bonds is 3. The van der Waals surface area contributed by atoms with Gasteiger partial charge in [-0.1, -0.05) is 0 Å². The number of aromatic nitrogens is 2. The molecule has 1 aromatic carbocycles. The summed E-state index contributed by atoms with van der Waals surface area (Å²) in [4.78, 5) is 9.04. The molecular formula is C21H14F2N6. The quantitative estimate of drug-likeness (QED) is 0.635. The first-order valence-corrected chi connectivity index (χ1v) is 8.87. The fourth-order valence-electron chi connectivity index (χ4n) is 3.55. The molecule has 0 bridgehead atoms. The van der Waals surface area contributed by atoms with Crippen LogP contribution in [0, 0.1) is 23.0 Å². The number of H-pyrrole nitrogens is 1. The predicted molar refractivity (Wildman–Crippen MR) is 105 cm³/mol. The Morgan fingerprint density at radius 1 is 1.21 bits per heavy atom. The summed E-state index contributed by atoms with van der Waals surface area (Å²) in [6, 6.07) is 7.34. The summed E-state index contributed by atoms with van der Waals surface area (Å²) in [5.41, 5.74) is 1.94. The summed E-state index contributed by atoms with van der Waals surface area (Å²) in [6.45, 7) is 0.271. The van der Waals surface area contributed by atoms with Gasteiger partial charge < -0.3 is 20.5 Å². The largest absolute Gasteiger partial charge is 0.366 e. The van der Waals surface area contributed by atoms with Crippen LogP contribution in [0.2, 0.25) is 0 Å². The average Bonchev–Trinajstić information content (AvgIpc) is 3.38. The summed E-state index contributed by atoms with van der Waals surface area (Å²) >= 11 is 0. The topological polar surface area (TPSA) is 79.8 Å². The van der Waals surface area contributed by atoms with Crippen LogP contribution in [-0.4, -0.2) is 16.5 Å². The Balaban J connectivity index is 1.56. The molecule has 0 amide bonds. The van der Waals surface area contributed by atoms with Gasteiger partial charge in [-0.25, -0.2) is 13.8 Å². The van der Waals surface area contributed by atoms with Gasteiger partial charge in [0, 0.05) is 59.0 Å². The summed E-state index contributed by atoms with van der Waals surface area (Å²) in [5.74, 6) is 0.212. The van der Waals surface area contributed by atoms with E-state index < -0.39 is 11.6 Å². The zero-order chi connectivity index (χ0) is 20.0. The van der Waals surface area contributed by atoms with Crippen molar-refractivity contribution in [3.63, 3.8) is 0 Å². The van der Waals surface area contributed by atoms with Gasteiger partial charge in [-0.05, 0) is 18.2 Å². The van der Waals surface area contributed by atoms with E-state index in [2.05, 4.69) is 26.7 Å². The maximum Gasteiger partial charge on any atom is 0.147 e. The highest BCUT2D eigenvalue weighted by Gasteiger charge is 2.29. The van der Waals surface area contributed by atoms with Gasteiger partial charge in [-0.15, -0.1) is 0 Å². The Morgan fingerprint density at radius 2 is 2.10 bits per heavy atom. The monoisotopic (exact) mass is 388 g/mol. The molecule has 142 valence electrons. The van der Waals surface area contributed by atoms with Crippen LogP contribution >= 0.6 is 0 Å². The van der Waals surface area contributed by atoms with E-state index in [1.165, 1.54) is 0 Å². The average molecular weight is 388 g/mol. The van der Waals surface area contributed by atoms with E-state index in [4.69, 9.17) is 0 Å². The van der Waals surface area contributed by atoms with Gasteiger partial charge in [0.1, 0.15) is 29.3 Å². The number of nitrogens with zero attached hydrogens (tertiary/aromatic N) is 3. The minimum atomic E-state index is -0.536. The molecule has 29 heavy (non-hydrogen) atoms. The lowest BCUT2D eigenvalue weighted by molar-refractivity contribution is 0.599. The molecule has 0 fully saturated rings. The Kier molecular flexibility index (Phi) is 3.81. The third-order valence-electron chi connectivity index (χ3n) is 4.96. The minimum Gasteiger partial charge on any atom is -0.366 e. The summed E-state index contributed by atoms with van der Waals surface area (Å²) < 4.78 is 28.0. The number of pyridine rings is 1. The van der Waals surface area contributed by atoms with Crippen molar-refractivity contribution >= 4 is 22.3 Å². The Morgan fingerprint density at radius 3 is 2.97 bits per heavy atom. The summed E-state index contributed by atoms with van der Waals surface area (Å²) in [6.07, 6.45) is 8.66. The van der Waals surface area contributed by atoms with Crippen molar-refractivity contribution in [2.24, 2.45) is 0 Å². The third kappa shape index (κ3) is 2.80. The van der Waals surface area contributed by atoms with Gasteiger partial charge in [-0.2, -0.15) is 5.26 Å². The van der Waals surface area contributed by atoms with Gasteiger partial charge in [0.25, 0.3) is 0 Å². The zero-order valence-corrected chi connectivity index (χ0v) is 15.0. The SMILES string of the molecule is N#CC1=CNC(Nc2nccc3c[nH]cc23)=C2CN(c3cc(F)ccc3F)C=C12. The van der Waals surface area contributed by atoms with Crippen LogP contribution in [0.15, 0.2) is 77.8 Å². The van der Waals surface area contributed by atoms with Crippen LogP contribution in [0.3, 0.4) is 0 Å². The molecule has 2 aliphatic rings. The van der Waals surface area contributed by atoms with Crippen LogP contribution in [0.25, 0.3) is 10.8 Å². The zero-order valence-electron chi connectivity index (χ0n) is 15.0. The molecule has 0 spiro atoms. The minimum absolute atomic E-state index is 0.113. The first-order valence-electron chi connectivity index (χ1n) is 8.87. The molecule has 4 heterocycles. The molecule has 2 aliphatic heterocycles. The highest BCUT2D eigenvalue weighted by Crippen LogP contribution is 2.36. The van der Waals surface area contributed by atoms with Crippen LogP contribution in [0.5, 0.6) is 0 Å². The number of dihydropyridines is 1. The van der Waals surface area contributed by atoms with E-state index in [1.807, 2.05) is 18.5 Å². The van der Waals surface area contributed by atoms with Crippen LogP contribution in [0.4, 0.5) is 20.3 Å². The van der Waals surface area contributed by atoms with Crippen molar-refractivity contribution < 1.29 is 8.78 Å². The Bertz CT molecular complexity index is 1280. The highest BCUT2D eigenvalue weighted by atomic mass is 19.1. The maximum atomic E-state index is 14.3. The first-order chi connectivity index (χ1) is 14.1. The number of allylic oxidation sites excluding steroid dienone is 1. The Labute approximate surface area is 164 Å². The van der Waals surface area contributed by atoms with Gasteiger partial charge in [0.2, 0.25) is 0 Å². The smallest absolute Gasteiger partial charge is 0.147 e. The van der Waals surface area contributed by atoms with E-state index in [-0.39, 0.29) is 12.2 Å². The second kappa shape index (κ2) is 6.49. The van der Waals surface area contributed by atoms with Gasteiger partial charge in [0.15, 0.2) is 0 Å². The van der Waals surface area contributed by atoms with E-state index in [0.29, 0.717) is 22.8 Å². The van der Waals surface area contributed by atoms with Crippen LogP contribution < -0.4 is 15.5 Å². The number of nitriles is 1. The van der Waals surface area contributed by atoms with Crippen molar-refractivity contribution in [2.45, 2.75) is 0 Å². The van der Waals surface area contributed by atoms with E-state index >= 15 is 0 Å². The molecule has 0 saturated heterocycles. The summed E-state index contributed by atoms with van der Waals surface area (Å²) in [5, 5.41) is 17.8. The molecule has 0 unspecified atom stereocenters. The molecule has 0 radical (unpaired) electrons. The van der Waals surface area contributed by atoms with Crippen molar-refractivity contribution in [1.29, 1.82) is 5.26 Å². The van der Waals surface area contributed by atoms with Gasteiger partial charge >= 0.3 is 0 Å². The highest BCUT2D eigenvalue weighted by molar-refractivity contribution is 5.92. The fraction of sp³-hybridized carbons (Fsp3) is 0.0476. The lowest BCUT2D eigenvalue weighted by atomic mass is 10.00. The second-order valence-electron chi connectivity index (χ2n) is 6.68.